The lowest BCUT2D eigenvalue weighted by Gasteiger charge is -2.60. The van der Waals surface area contributed by atoms with Crippen LogP contribution >= 0.6 is 11.6 Å². The normalized spacial score (nSPS) is 50.1. The quantitative estimate of drug-likeness (QED) is 0.540. The Labute approximate surface area is 185 Å². The Balaban J connectivity index is 1.11. The third-order valence-corrected chi connectivity index (χ3v) is 10.7. The van der Waals surface area contributed by atoms with Crippen LogP contribution in [0.15, 0.2) is 24.3 Å². The third-order valence-electron chi connectivity index (χ3n) is 10.3. The fourth-order valence-electron chi connectivity index (χ4n) is 10.0. The zero-order chi connectivity index (χ0) is 20.1. The molecule has 2 unspecified atom stereocenters. The van der Waals surface area contributed by atoms with Crippen molar-refractivity contribution in [2.75, 3.05) is 5.32 Å². The van der Waals surface area contributed by atoms with Gasteiger partial charge in [-0.3, -0.25) is 4.79 Å². The average molecular weight is 424 g/mol. The standard InChI is InChI=1S/C27H34ClNO/c28-27-14-20-8-21(15-27)13-26(12-20,16-27)22-1-3-23(4-2-22)29-24(30)25-9-17-5-18(10-25)7-19(6-17)11-25/h1-4,17-21H,5-16H2,(H,29,30). The van der Waals surface area contributed by atoms with Gasteiger partial charge in [-0.25, -0.2) is 0 Å². The second kappa shape index (κ2) is 6.06. The average Bonchev–Trinajstić information content (AvgIpc) is 2.65. The molecule has 3 heteroatoms. The summed E-state index contributed by atoms with van der Waals surface area (Å²) < 4.78 is 0. The van der Waals surface area contributed by atoms with Gasteiger partial charge in [0, 0.05) is 10.6 Å². The van der Waals surface area contributed by atoms with Gasteiger partial charge in [-0.15, -0.1) is 11.6 Å². The molecule has 0 spiro atoms. The number of hydrogen-bond donors (Lipinski definition) is 1. The van der Waals surface area contributed by atoms with Gasteiger partial charge < -0.3 is 5.32 Å². The molecule has 0 aromatic heterocycles. The van der Waals surface area contributed by atoms with Crippen LogP contribution in [-0.4, -0.2) is 10.8 Å². The van der Waals surface area contributed by atoms with Crippen molar-refractivity contribution in [3.8, 4) is 0 Å². The van der Waals surface area contributed by atoms with Gasteiger partial charge in [-0.1, -0.05) is 12.1 Å². The molecule has 9 rings (SSSR count). The Morgan fingerprint density at radius 1 is 0.767 bits per heavy atom. The van der Waals surface area contributed by atoms with Crippen molar-refractivity contribution >= 4 is 23.2 Å². The summed E-state index contributed by atoms with van der Waals surface area (Å²) in [5.41, 5.74) is 2.67. The number of nitrogens with one attached hydrogen (secondary N) is 1. The van der Waals surface area contributed by atoms with E-state index in [0.717, 1.165) is 61.0 Å². The molecule has 1 amide bonds. The molecule has 1 N–H and O–H groups in total. The molecule has 0 heterocycles. The van der Waals surface area contributed by atoms with Crippen molar-refractivity contribution < 1.29 is 4.79 Å². The molecule has 160 valence electrons. The van der Waals surface area contributed by atoms with Crippen LogP contribution in [0.5, 0.6) is 0 Å². The highest BCUT2D eigenvalue weighted by atomic mass is 35.5. The Bertz CT molecular complexity index is 839. The maximum Gasteiger partial charge on any atom is 0.230 e. The van der Waals surface area contributed by atoms with Crippen molar-refractivity contribution in [2.24, 2.45) is 35.0 Å². The van der Waals surface area contributed by atoms with E-state index in [-0.39, 0.29) is 15.7 Å². The van der Waals surface area contributed by atoms with Crippen LogP contribution in [0.25, 0.3) is 0 Å². The Morgan fingerprint density at radius 3 is 1.83 bits per heavy atom. The Kier molecular flexibility index (Phi) is 3.74. The Morgan fingerprint density at radius 2 is 1.30 bits per heavy atom. The highest BCUT2D eigenvalue weighted by molar-refractivity contribution is 6.24. The highest BCUT2D eigenvalue weighted by Crippen LogP contribution is 2.64. The molecule has 1 aromatic carbocycles. The Hall–Kier alpha value is -1.02. The lowest BCUT2D eigenvalue weighted by Crippen LogP contribution is -2.55. The molecule has 2 atom stereocenters. The summed E-state index contributed by atoms with van der Waals surface area (Å²) in [6, 6.07) is 8.96. The predicted octanol–water partition coefficient (Wildman–Crippen LogP) is 6.67. The summed E-state index contributed by atoms with van der Waals surface area (Å²) >= 11 is 7.06. The molecular weight excluding hydrogens is 390 g/mol. The van der Waals surface area contributed by atoms with Gasteiger partial charge in [-0.05, 0) is 130 Å². The van der Waals surface area contributed by atoms with Gasteiger partial charge in [0.1, 0.15) is 0 Å². The minimum atomic E-state index is -0.0711. The SMILES string of the molecule is O=C(Nc1ccc(C23CC4CC(CC(Cl)(C4)C2)C3)cc1)C12CC3CC(CC(C3)C1)C2. The number of anilines is 1. The lowest BCUT2D eigenvalue weighted by atomic mass is 9.47. The monoisotopic (exact) mass is 423 g/mol. The van der Waals surface area contributed by atoms with Crippen molar-refractivity contribution in [1.82, 2.24) is 0 Å². The van der Waals surface area contributed by atoms with Crippen LogP contribution < -0.4 is 5.32 Å². The smallest absolute Gasteiger partial charge is 0.230 e. The van der Waals surface area contributed by atoms with Gasteiger partial charge in [0.15, 0.2) is 0 Å². The van der Waals surface area contributed by atoms with Gasteiger partial charge >= 0.3 is 0 Å². The summed E-state index contributed by atoms with van der Waals surface area (Å²) in [7, 11) is 0. The molecule has 30 heavy (non-hydrogen) atoms. The van der Waals surface area contributed by atoms with Crippen molar-refractivity contribution in [3.05, 3.63) is 29.8 Å². The predicted molar refractivity (Wildman–Crippen MR) is 121 cm³/mol. The maximum absolute atomic E-state index is 13.4. The molecule has 8 bridgehead atoms. The number of halogens is 1. The highest BCUT2D eigenvalue weighted by Gasteiger charge is 2.58. The van der Waals surface area contributed by atoms with E-state index in [1.807, 2.05) is 0 Å². The first-order valence-corrected chi connectivity index (χ1v) is 12.9. The fourth-order valence-corrected chi connectivity index (χ4v) is 10.7. The summed E-state index contributed by atoms with van der Waals surface area (Å²) in [5.74, 6) is 4.37. The summed E-state index contributed by atoms with van der Waals surface area (Å²) in [5, 5.41) is 3.34. The maximum atomic E-state index is 13.4. The van der Waals surface area contributed by atoms with E-state index in [2.05, 4.69) is 29.6 Å². The second-order valence-corrected chi connectivity index (χ2v) is 13.4. The first-order chi connectivity index (χ1) is 14.4. The summed E-state index contributed by atoms with van der Waals surface area (Å²) in [6.45, 7) is 0. The van der Waals surface area contributed by atoms with E-state index in [0.29, 0.717) is 5.91 Å². The molecule has 8 fully saturated rings. The van der Waals surface area contributed by atoms with E-state index in [4.69, 9.17) is 11.6 Å². The molecule has 8 aliphatic rings. The van der Waals surface area contributed by atoms with Crippen LogP contribution in [0.4, 0.5) is 5.69 Å². The first-order valence-electron chi connectivity index (χ1n) is 12.5. The zero-order valence-electron chi connectivity index (χ0n) is 18.0. The number of benzene rings is 1. The van der Waals surface area contributed by atoms with Gasteiger partial charge in [0.25, 0.3) is 0 Å². The molecule has 8 aliphatic carbocycles. The van der Waals surface area contributed by atoms with Crippen molar-refractivity contribution in [2.45, 2.75) is 87.3 Å². The number of carbonyl (C=O) groups excluding carboxylic acids is 1. The van der Waals surface area contributed by atoms with E-state index < -0.39 is 0 Å². The van der Waals surface area contributed by atoms with Crippen LogP contribution in [0.1, 0.15) is 82.6 Å². The van der Waals surface area contributed by atoms with Gasteiger partial charge in [0.05, 0.1) is 5.41 Å². The lowest BCUT2D eigenvalue weighted by molar-refractivity contribution is -0.140. The van der Waals surface area contributed by atoms with Crippen molar-refractivity contribution in [3.63, 3.8) is 0 Å². The number of hydrogen-bond acceptors (Lipinski definition) is 1. The summed E-state index contributed by atoms with van der Waals surface area (Å²) in [6.07, 6.45) is 15.2. The number of rotatable bonds is 3. The number of amides is 1. The topological polar surface area (TPSA) is 29.1 Å². The summed E-state index contributed by atoms with van der Waals surface area (Å²) in [4.78, 5) is 13.4. The van der Waals surface area contributed by atoms with Crippen molar-refractivity contribution in [1.29, 1.82) is 0 Å². The van der Waals surface area contributed by atoms with Crippen LogP contribution in [0.3, 0.4) is 0 Å². The van der Waals surface area contributed by atoms with E-state index >= 15 is 0 Å². The molecule has 1 aromatic rings. The van der Waals surface area contributed by atoms with Gasteiger partial charge in [-0.2, -0.15) is 0 Å². The first kappa shape index (κ1) is 18.5. The fraction of sp³-hybridized carbons (Fsp3) is 0.741. The molecule has 2 nitrogen and oxygen atoms in total. The second-order valence-electron chi connectivity index (χ2n) is 12.6. The van der Waals surface area contributed by atoms with E-state index in [1.165, 1.54) is 56.9 Å². The van der Waals surface area contributed by atoms with Gasteiger partial charge in [0.2, 0.25) is 5.91 Å². The minimum absolute atomic E-state index is 0.0511. The molecule has 0 radical (unpaired) electrons. The zero-order valence-corrected chi connectivity index (χ0v) is 18.7. The molecule has 8 saturated carbocycles. The molecule has 0 aliphatic heterocycles. The molecule has 0 saturated heterocycles. The van der Waals surface area contributed by atoms with Crippen LogP contribution in [-0.2, 0) is 10.2 Å². The largest absolute Gasteiger partial charge is 0.326 e. The third kappa shape index (κ3) is 2.71. The van der Waals surface area contributed by atoms with Crippen LogP contribution in [0.2, 0.25) is 0 Å². The van der Waals surface area contributed by atoms with Crippen LogP contribution in [0, 0.1) is 35.0 Å². The minimum Gasteiger partial charge on any atom is -0.326 e. The van der Waals surface area contributed by atoms with E-state index in [1.54, 1.807) is 0 Å². The number of carbonyl (C=O) groups is 1. The molecular formula is C27H34ClNO. The number of alkyl halides is 1. The van der Waals surface area contributed by atoms with E-state index in [9.17, 15) is 4.79 Å².